The zero-order valence-electron chi connectivity index (χ0n) is 20.3. The predicted molar refractivity (Wildman–Crippen MR) is 141 cm³/mol. The van der Waals surface area contributed by atoms with E-state index in [1.807, 2.05) is 31.4 Å². The molecule has 0 bridgehead atoms. The number of aromatic nitrogens is 2. The molecule has 1 aliphatic heterocycles. The van der Waals surface area contributed by atoms with Crippen molar-refractivity contribution in [3.05, 3.63) is 92.6 Å². The highest BCUT2D eigenvalue weighted by molar-refractivity contribution is 6.32. The van der Waals surface area contributed by atoms with Gasteiger partial charge in [-0.05, 0) is 59.3 Å². The summed E-state index contributed by atoms with van der Waals surface area (Å²) in [4.78, 5) is 19.1. The molecule has 1 aliphatic rings. The molecule has 0 saturated carbocycles. The van der Waals surface area contributed by atoms with Gasteiger partial charge in [0, 0.05) is 68.0 Å². The van der Waals surface area contributed by atoms with Crippen LogP contribution in [0.5, 0.6) is 5.75 Å². The van der Waals surface area contributed by atoms with E-state index in [0.29, 0.717) is 17.0 Å². The Bertz CT molecular complexity index is 1460. The number of nitrogens with zero attached hydrogens (tertiary/aromatic N) is 3. The minimum Gasteiger partial charge on any atom is -0.496 e. The van der Waals surface area contributed by atoms with Crippen LogP contribution < -0.4 is 15.6 Å². The Morgan fingerprint density at radius 3 is 2.86 bits per heavy atom. The fourth-order valence-electron chi connectivity index (χ4n) is 5.11. The molecule has 6 nitrogen and oxygen atoms in total. The molecule has 3 heterocycles. The van der Waals surface area contributed by atoms with E-state index in [2.05, 4.69) is 33.4 Å². The number of hydrogen-bond donors (Lipinski definition) is 1. The summed E-state index contributed by atoms with van der Waals surface area (Å²) in [5.41, 5.74) is 6.94. The highest BCUT2D eigenvalue weighted by Crippen LogP contribution is 2.37. The van der Waals surface area contributed by atoms with Crippen molar-refractivity contribution in [3.63, 3.8) is 0 Å². The molecule has 1 N–H and O–H groups in total. The van der Waals surface area contributed by atoms with Crippen LogP contribution in [0.4, 0.5) is 0 Å². The first-order valence-electron chi connectivity index (χ1n) is 11.8. The lowest BCUT2D eigenvalue weighted by atomic mass is 9.94. The van der Waals surface area contributed by atoms with Crippen molar-refractivity contribution >= 4 is 22.4 Å². The van der Waals surface area contributed by atoms with E-state index in [1.54, 1.807) is 31.1 Å². The fraction of sp³-hybridized carbons (Fsp3) is 0.286. The molecule has 0 radical (unpaired) electrons. The monoisotopic (exact) mass is 488 g/mol. The lowest BCUT2D eigenvalue weighted by Crippen LogP contribution is -2.31. The van der Waals surface area contributed by atoms with Gasteiger partial charge in [-0.2, -0.15) is 0 Å². The number of ether oxygens (including phenoxy) is 1. The van der Waals surface area contributed by atoms with Gasteiger partial charge in [0.05, 0.1) is 12.5 Å². The van der Waals surface area contributed by atoms with Gasteiger partial charge in [-0.1, -0.05) is 29.8 Å². The smallest absolute Gasteiger partial charge is 0.259 e. The Hall–Kier alpha value is -3.19. The van der Waals surface area contributed by atoms with Crippen molar-refractivity contribution < 1.29 is 4.74 Å². The molecule has 0 amide bonds. The Morgan fingerprint density at radius 2 is 2.06 bits per heavy atom. The van der Waals surface area contributed by atoms with E-state index in [4.69, 9.17) is 16.3 Å². The number of fused-ring (bicyclic) bond motifs is 2. The minimum atomic E-state index is -0.0743. The van der Waals surface area contributed by atoms with Gasteiger partial charge in [-0.25, -0.2) is 0 Å². The lowest BCUT2D eigenvalue weighted by molar-refractivity contribution is 0.241. The van der Waals surface area contributed by atoms with Crippen LogP contribution in [0.2, 0.25) is 5.02 Å². The maximum absolute atomic E-state index is 12.6. The third-order valence-corrected chi connectivity index (χ3v) is 7.20. The van der Waals surface area contributed by atoms with Gasteiger partial charge in [0.15, 0.2) is 0 Å². The topological polar surface area (TPSA) is 59.4 Å². The van der Waals surface area contributed by atoms with E-state index in [9.17, 15) is 4.79 Å². The SMILES string of the molecule is CNCc1cccc2c1CCN(Cc1c(Cl)cc(-c3cn(C)c(=O)c4cnccc34)cc1OC)C2. The second kappa shape index (κ2) is 9.82. The molecule has 5 rings (SSSR count). The molecule has 0 fully saturated rings. The van der Waals surface area contributed by atoms with Crippen LogP contribution in [0.3, 0.4) is 0 Å². The molecule has 180 valence electrons. The number of benzene rings is 2. The maximum Gasteiger partial charge on any atom is 0.259 e. The predicted octanol–water partition coefficient (Wildman–Crippen LogP) is 4.54. The van der Waals surface area contributed by atoms with E-state index in [1.165, 1.54) is 16.7 Å². The molecule has 2 aromatic heterocycles. The summed E-state index contributed by atoms with van der Waals surface area (Å²) in [5.74, 6) is 0.748. The molecule has 0 atom stereocenters. The quantitative estimate of drug-likeness (QED) is 0.432. The van der Waals surface area contributed by atoms with Gasteiger partial charge in [0.1, 0.15) is 5.75 Å². The van der Waals surface area contributed by atoms with Gasteiger partial charge < -0.3 is 14.6 Å². The number of aryl methyl sites for hydroxylation is 1. The second-order valence-electron chi connectivity index (χ2n) is 9.06. The number of rotatable bonds is 6. The third kappa shape index (κ3) is 4.45. The summed E-state index contributed by atoms with van der Waals surface area (Å²) in [5, 5.41) is 5.36. The molecule has 0 aliphatic carbocycles. The lowest BCUT2D eigenvalue weighted by Gasteiger charge is -2.31. The first-order valence-corrected chi connectivity index (χ1v) is 12.1. The van der Waals surface area contributed by atoms with Crippen LogP contribution in [0.15, 0.2) is 59.8 Å². The van der Waals surface area contributed by atoms with Crippen molar-refractivity contribution in [2.75, 3.05) is 20.7 Å². The average molecular weight is 489 g/mol. The zero-order valence-corrected chi connectivity index (χ0v) is 21.0. The highest BCUT2D eigenvalue weighted by atomic mass is 35.5. The van der Waals surface area contributed by atoms with Crippen LogP contribution in [-0.4, -0.2) is 35.2 Å². The van der Waals surface area contributed by atoms with Crippen LogP contribution in [0.25, 0.3) is 21.9 Å². The number of nitrogens with one attached hydrogen (secondary N) is 1. The normalized spacial score (nSPS) is 13.7. The number of methoxy groups -OCH3 is 1. The molecular formula is C28H29ClN4O2. The van der Waals surface area contributed by atoms with E-state index in [-0.39, 0.29) is 5.56 Å². The van der Waals surface area contributed by atoms with Gasteiger partial charge in [-0.15, -0.1) is 0 Å². The number of hydrogen-bond acceptors (Lipinski definition) is 5. The van der Waals surface area contributed by atoms with Gasteiger partial charge in [0.25, 0.3) is 5.56 Å². The summed E-state index contributed by atoms with van der Waals surface area (Å²) in [6, 6.07) is 12.4. The summed E-state index contributed by atoms with van der Waals surface area (Å²) in [6.07, 6.45) is 6.18. The third-order valence-electron chi connectivity index (χ3n) is 6.86. The fourth-order valence-corrected chi connectivity index (χ4v) is 5.38. The Labute approximate surface area is 210 Å². The van der Waals surface area contributed by atoms with Gasteiger partial charge >= 0.3 is 0 Å². The summed E-state index contributed by atoms with van der Waals surface area (Å²) < 4.78 is 7.40. The van der Waals surface area contributed by atoms with Crippen LogP contribution in [-0.2, 0) is 33.1 Å². The van der Waals surface area contributed by atoms with Crippen LogP contribution in [0.1, 0.15) is 22.3 Å². The largest absolute Gasteiger partial charge is 0.496 e. The number of pyridine rings is 2. The Kier molecular flexibility index (Phi) is 6.60. The van der Waals surface area contributed by atoms with Crippen molar-refractivity contribution in [2.24, 2.45) is 7.05 Å². The standard InChI is InChI=1S/C28H29ClN4O2/c1-30-13-18-5-4-6-19-15-33(10-8-21(18)19)17-25-26(29)11-20(12-27(25)35-3)24-16-32(2)28(34)23-14-31-9-7-22(23)24/h4-7,9,11-12,14,16,30H,8,10,13,15,17H2,1-3H3. The first kappa shape index (κ1) is 23.5. The molecule has 4 aromatic rings. The highest BCUT2D eigenvalue weighted by Gasteiger charge is 2.22. The number of halogens is 1. The Balaban J connectivity index is 1.49. The van der Waals surface area contributed by atoms with Crippen molar-refractivity contribution in [3.8, 4) is 16.9 Å². The molecule has 35 heavy (non-hydrogen) atoms. The average Bonchev–Trinajstić information content (AvgIpc) is 2.87. The summed E-state index contributed by atoms with van der Waals surface area (Å²) in [7, 11) is 5.42. The van der Waals surface area contributed by atoms with E-state index in [0.717, 1.165) is 53.9 Å². The van der Waals surface area contributed by atoms with Crippen molar-refractivity contribution in [2.45, 2.75) is 26.1 Å². The van der Waals surface area contributed by atoms with E-state index >= 15 is 0 Å². The van der Waals surface area contributed by atoms with Crippen LogP contribution >= 0.6 is 11.6 Å². The molecule has 0 spiro atoms. The van der Waals surface area contributed by atoms with Crippen molar-refractivity contribution in [1.29, 1.82) is 0 Å². The first-order chi connectivity index (χ1) is 17.0. The second-order valence-corrected chi connectivity index (χ2v) is 9.47. The molecule has 7 heteroatoms. The molecular weight excluding hydrogens is 460 g/mol. The molecule has 0 saturated heterocycles. The maximum atomic E-state index is 12.6. The van der Waals surface area contributed by atoms with E-state index < -0.39 is 0 Å². The van der Waals surface area contributed by atoms with Gasteiger partial charge in [0.2, 0.25) is 0 Å². The zero-order chi connectivity index (χ0) is 24.5. The van der Waals surface area contributed by atoms with Crippen molar-refractivity contribution in [1.82, 2.24) is 19.8 Å². The van der Waals surface area contributed by atoms with Crippen LogP contribution in [0, 0.1) is 0 Å². The Morgan fingerprint density at radius 1 is 1.20 bits per heavy atom. The molecule has 0 unspecified atom stereocenters. The summed E-state index contributed by atoms with van der Waals surface area (Å²) in [6.45, 7) is 3.44. The minimum absolute atomic E-state index is 0.0743. The van der Waals surface area contributed by atoms with Gasteiger partial charge in [-0.3, -0.25) is 14.7 Å². The summed E-state index contributed by atoms with van der Waals surface area (Å²) >= 11 is 6.88. The molecule has 2 aromatic carbocycles.